The van der Waals surface area contributed by atoms with Gasteiger partial charge in [0.05, 0.1) is 6.61 Å². The van der Waals surface area contributed by atoms with Gasteiger partial charge in [-0.3, -0.25) is 5.32 Å². The lowest BCUT2D eigenvalue weighted by molar-refractivity contribution is 0.113. The number of rotatable bonds is 6. The molecule has 0 aliphatic rings. The number of benzene rings is 1. The van der Waals surface area contributed by atoms with E-state index < -0.39 is 6.09 Å². The first-order valence-corrected chi connectivity index (χ1v) is 5.87. The highest BCUT2D eigenvalue weighted by atomic mass is 35.5. The van der Waals surface area contributed by atoms with E-state index in [0.29, 0.717) is 37.0 Å². The number of nitrogens with one attached hydrogen (secondary N) is 1. The first-order chi connectivity index (χ1) is 8.22. The molecule has 0 aliphatic heterocycles. The Morgan fingerprint density at radius 1 is 1.41 bits per heavy atom. The summed E-state index contributed by atoms with van der Waals surface area (Å²) in [5.74, 6) is 0. The van der Waals surface area contributed by atoms with E-state index in [1.807, 2.05) is 6.92 Å². The van der Waals surface area contributed by atoms with Gasteiger partial charge in [-0.25, -0.2) is 4.79 Å². The molecule has 1 amide bonds. The average molecular weight is 258 g/mol. The molecule has 1 aromatic rings. The van der Waals surface area contributed by atoms with Crippen molar-refractivity contribution in [2.24, 2.45) is 0 Å². The van der Waals surface area contributed by atoms with Crippen molar-refractivity contribution in [1.29, 1.82) is 0 Å². The van der Waals surface area contributed by atoms with E-state index in [4.69, 9.17) is 21.1 Å². The summed E-state index contributed by atoms with van der Waals surface area (Å²) in [6, 6.07) is 6.89. The van der Waals surface area contributed by atoms with Gasteiger partial charge in [-0.2, -0.15) is 0 Å². The SMILES string of the molecule is CCOCCCOC(=O)Nc1cccc(Cl)c1. The molecule has 0 atom stereocenters. The van der Waals surface area contributed by atoms with E-state index >= 15 is 0 Å². The number of carbonyl (C=O) groups excluding carboxylic acids is 1. The van der Waals surface area contributed by atoms with Crippen LogP contribution in [-0.4, -0.2) is 25.9 Å². The van der Waals surface area contributed by atoms with E-state index in [1.54, 1.807) is 24.3 Å². The largest absolute Gasteiger partial charge is 0.449 e. The highest BCUT2D eigenvalue weighted by Crippen LogP contribution is 2.14. The van der Waals surface area contributed by atoms with Crippen molar-refractivity contribution in [1.82, 2.24) is 0 Å². The number of amides is 1. The predicted octanol–water partition coefficient (Wildman–Crippen LogP) is 3.32. The third-order valence-corrected chi connectivity index (χ3v) is 2.18. The van der Waals surface area contributed by atoms with Gasteiger partial charge in [0.15, 0.2) is 0 Å². The summed E-state index contributed by atoms with van der Waals surface area (Å²) >= 11 is 5.78. The van der Waals surface area contributed by atoms with Crippen LogP contribution in [0, 0.1) is 0 Å². The molecule has 17 heavy (non-hydrogen) atoms. The topological polar surface area (TPSA) is 47.6 Å². The van der Waals surface area contributed by atoms with E-state index in [2.05, 4.69) is 5.32 Å². The minimum absolute atomic E-state index is 0.340. The molecule has 0 saturated heterocycles. The van der Waals surface area contributed by atoms with E-state index in [1.165, 1.54) is 0 Å². The lowest BCUT2D eigenvalue weighted by Gasteiger charge is -2.07. The Bertz CT molecular complexity index is 357. The van der Waals surface area contributed by atoms with Gasteiger partial charge >= 0.3 is 6.09 Å². The molecule has 1 rings (SSSR count). The van der Waals surface area contributed by atoms with Crippen molar-refractivity contribution in [2.45, 2.75) is 13.3 Å². The molecule has 0 bridgehead atoms. The molecular weight excluding hydrogens is 242 g/mol. The van der Waals surface area contributed by atoms with Crippen molar-refractivity contribution in [2.75, 3.05) is 25.1 Å². The van der Waals surface area contributed by atoms with Crippen LogP contribution in [0.15, 0.2) is 24.3 Å². The number of anilines is 1. The van der Waals surface area contributed by atoms with Crippen LogP contribution in [0.5, 0.6) is 0 Å². The zero-order valence-corrected chi connectivity index (χ0v) is 10.5. The first-order valence-electron chi connectivity index (χ1n) is 5.49. The maximum Gasteiger partial charge on any atom is 0.411 e. The summed E-state index contributed by atoms with van der Waals surface area (Å²) in [6.07, 6.45) is 0.209. The van der Waals surface area contributed by atoms with Crippen LogP contribution in [0.1, 0.15) is 13.3 Å². The molecule has 1 N–H and O–H groups in total. The fraction of sp³-hybridized carbons (Fsp3) is 0.417. The van der Waals surface area contributed by atoms with Gasteiger partial charge in [-0.15, -0.1) is 0 Å². The number of hydrogen-bond acceptors (Lipinski definition) is 3. The lowest BCUT2D eigenvalue weighted by Crippen LogP contribution is -2.15. The summed E-state index contributed by atoms with van der Waals surface area (Å²) in [5.41, 5.74) is 0.618. The zero-order valence-electron chi connectivity index (χ0n) is 9.74. The van der Waals surface area contributed by atoms with Crippen LogP contribution in [0.25, 0.3) is 0 Å². The van der Waals surface area contributed by atoms with E-state index in [0.717, 1.165) is 0 Å². The monoisotopic (exact) mass is 257 g/mol. The van der Waals surface area contributed by atoms with Gasteiger partial charge in [0.2, 0.25) is 0 Å². The van der Waals surface area contributed by atoms with Crippen molar-refractivity contribution in [3.8, 4) is 0 Å². The van der Waals surface area contributed by atoms with Crippen LogP contribution in [0.4, 0.5) is 10.5 Å². The quantitative estimate of drug-likeness (QED) is 0.796. The van der Waals surface area contributed by atoms with Crippen molar-refractivity contribution >= 4 is 23.4 Å². The van der Waals surface area contributed by atoms with Gasteiger partial charge in [-0.05, 0) is 25.1 Å². The molecular formula is C12H16ClNO3. The van der Waals surface area contributed by atoms with E-state index in [9.17, 15) is 4.79 Å². The zero-order chi connectivity index (χ0) is 12.5. The molecule has 0 heterocycles. The summed E-state index contributed by atoms with van der Waals surface area (Å²) < 4.78 is 10.1. The normalized spacial score (nSPS) is 10.0. The van der Waals surface area contributed by atoms with Crippen molar-refractivity contribution in [3.05, 3.63) is 29.3 Å². The molecule has 5 heteroatoms. The predicted molar refractivity (Wildman–Crippen MR) is 67.5 cm³/mol. The second-order valence-electron chi connectivity index (χ2n) is 3.32. The molecule has 0 unspecified atom stereocenters. The summed E-state index contributed by atoms with van der Waals surface area (Å²) in [4.78, 5) is 11.3. The maximum atomic E-state index is 11.3. The van der Waals surface area contributed by atoms with Gasteiger partial charge < -0.3 is 9.47 Å². The molecule has 94 valence electrons. The third kappa shape index (κ3) is 6.14. The lowest BCUT2D eigenvalue weighted by atomic mass is 10.3. The summed E-state index contributed by atoms with van der Waals surface area (Å²) in [7, 11) is 0. The molecule has 1 aromatic carbocycles. The molecule has 0 radical (unpaired) electrons. The molecule has 0 saturated carbocycles. The Kier molecular flexibility index (Phi) is 6.43. The van der Waals surface area contributed by atoms with Crippen LogP contribution in [-0.2, 0) is 9.47 Å². The molecule has 0 aliphatic carbocycles. The Morgan fingerprint density at radius 3 is 2.94 bits per heavy atom. The fourth-order valence-electron chi connectivity index (χ4n) is 1.19. The Balaban J connectivity index is 2.21. The fourth-order valence-corrected chi connectivity index (χ4v) is 1.38. The maximum absolute atomic E-state index is 11.3. The third-order valence-electron chi connectivity index (χ3n) is 1.94. The highest BCUT2D eigenvalue weighted by molar-refractivity contribution is 6.30. The Morgan fingerprint density at radius 2 is 2.24 bits per heavy atom. The molecule has 4 nitrogen and oxygen atoms in total. The van der Waals surface area contributed by atoms with Crippen LogP contribution in [0.3, 0.4) is 0 Å². The highest BCUT2D eigenvalue weighted by Gasteiger charge is 2.02. The molecule has 0 spiro atoms. The second kappa shape index (κ2) is 7.92. The summed E-state index contributed by atoms with van der Waals surface area (Å²) in [5, 5.41) is 3.16. The van der Waals surface area contributed by atoms with Crippen LogP contribution in [0.2, 0.25) is 5.02 Å². The summed E-state index contributed by atoms with van der Waals surface area (Å²) in [6.45, 7) is 3.54. The standard InChI is InChI=1S/C12H16ClNO3/c1-2-16-7-4-8-17-12(15)14-11-6-3-5-10(13)9-11/h3,5-6,9H,2,4,7-8H2,1H3,(H,14,15). The average Bonchev–Trinajstić information content (AvgIpc) is 2.29. The van der Waals surface area contributed by atoms with Gasteiger partial charge in [0.25, 0.3) is 0 Å². The van der Waals surface area contributed by atoms with Crippen molar-refractivity contribution < 1.29 is 14.3 Å². The minimum atomic E-state index is -0.483. The van der Waals surface area contributed by atoms with Gasteiger partial charge in [0, 0.05) is 30.3 Å². The minimum Gasteiger partial charge on any atom is -0.449 e. The smallest absolute Gasteiger partial charge is 0.411 e. The van der Waals surface area contributed by atoms with Crippen LogP contribution >= 0.6 is 11.6 Å². The van der Waals surface area contributed by atoms with Crippen LogP contribution < -0.4 is 5.32 Å². The first kappa shape index (κ1) is 13.8. The van der Waals surface area contributed by atoms with Gasteiger partial charge in [0.1, 0.15) is 0 Å². The Labute approximate surface area is 106 Å². The Hall–Kier alpha value is -1.26. The second-order valence-corrected chi connectivity index (χ2v) is 3.76. The van der Waals surface area contributed by atoms with Crippen molar-refractivity contribution in [3.63, 3.8) is 0 Å². The number of carbonyl (C=O) groups is 1. The molecule has 0 aromatic heterocycles. The number of ether oxygens (including phenoxy) is 2. The van der Waals surface area contributed by atoms with Gasteiger partial charge in [-0.1, -0.05) is 17.7 Å². The number of halogens is 1. The number of hydrogen-bond donors (Lipinski definition) is 1. The van der Waals surface area contributed by atoms with E-state index in [-0.39, 0.29) is 0 Å². The molecule has 0 fully saturated rings.